The fourth-order valence-corrected chi connectivity index (χ4v) is 3.90. The van der Waals surface area contributed by atoms with Crippen LogP contribution in [0.1, 0.15) is 5.56 Å². The first-order chi connectivity index (χ1) is 17.2. The van der Waals surface area contributed by atoms with Gasteiger partial charge in [0.25, 0.3) is 0 Å². The molecule has 1 saturated heterocycles. The molecule has 1 fully saturated rings. The first-order valence-corrected chi connectivity index (χ1v) is 11.5. The van der Waals surface area contributed by atoms with Crippen LogP contribution >= 0.6 is 0 Å². The predicted octanol–water partition coefficient (Wildman–Crippen LogP) is 4.30. The van der Waals surface area contributed by atoms with Crippen LogP contribution in [0.15, 0.2) is 85.3 Å². The van der Waals surface area contributed by atoms with Crippen molar-refractivity contribution in [1.29, 1.82) is 0 Å². The average molecular weight is 467 g/mol. The Hall–Kier alpha value is -4.30. The second kappa shape index (κ2) is 10.8. The standard InChI is InChI=1S/C27H26N6O2/c34-26(19-20-9-12-28-13-10-20)30-22-3-1-21(2-4-22)25-11-14-29-27(32-25)31-23-5-7-24(8-6-23)33-15-17-35-18-16-33/h1-14H,15-19H2,(H,30,34)(H,29,31,32). The second-order valence-corrected chi connectivity index (χ2v) is 8.19. The molecular formula is C27H26N6O2. The SMILES string of the molecule is O=C(Cc1ccncc1)Nc1ccc(-c2ccnc(Nc3ccc(N4CCOCC4)cc3)n2)cc1. The number of ether oxygens (including phenoxy) is 1. The number of carbonyl (C=O) groups is 1. The van der Waals surface area contributed by atoms with Crippen molar-refractivity contribution in [3.05, 3.63) is 90.9 Å². The maximum atomic E-state index is 12.3. The van der Waals surface area contributed by atoms with Crippen molar-refractivity contribution in [3.8, 4) is 11.3 Å². The molecule has 5 rings (SSSR count). The van der Waals surface area contributed by atoms with Crippen LogP contribution in [0.5, 0.6) is 0 Å². The average Bonchev–Trinajstić information content (AvgIpc) is 2.91. The molecule has 0 radical (unpaired) electrons. The number of rotatable bonds is 7. The van der Waals surface area contributed by atoms with Gasteiger partial charge in [-0.3, -0.25) is 9.78 Å². The van der Waals surface area contributed by atoms with E-state index in [9.17, 15) is 4.79 Å². The summed E-state index contributed by atoms with van der Waals surface area (Å²) in [6.45, 7) is 3.34. The monoisotopic (exact) mass is 466 g/mol. The fraction of sp³-hybridized carbons (Fsp3) is 0.185. The van der Waals surface area contributed by atoms with Gasteiger partial charge in [0, 0.05) is 54.3 Å². The lowest BCUT2D eigenvalue weighted by molar-refractivity contribution is -0.115. The number of hydrogen-bond acceptors (Lipinski definition) is 7. The topological polar surface area (TPSA) is 92.3 Å². The molecule has 0 spiro atoms. The first-order valence-electron chi connectivity index (χ1n) is 11.5. The Kier molecular flexibility index (Phi) is 6.91. The molecule has 2 aromatic heterocycles. The Morgan fingerprint density at radius 1 is 0.857 bits per heavy atom. The molecule has 1 aliphatic rings. The molecule has 1 aliphatic heterocycles. The molecule has 2 N–H and O–H groups in total. The molecule has 8 heteroatoms. The summed E-state index contributed by atoms with van der Waals surface area (Å²) < 4.78 is 5.43. The summed E-state index contributed by atoms with van der Waals surface area (Å²) in [5.74, 6) is 0.452. The molecule has 0 aliphatic carbocycles. The van der Waals surface area contributed by atoms with E-state index >= 15 is 0 Å². The summed E-state index contributed by atoms with van der Waals surface area (Å²) in [5, 5.41) is 6.20. The van der Waals surface area contributed by atoms with Gasteiger partial charge in [-0.1, -0.05) is 12.1 Å². The lowest BCUT2D eigenvalue weighted by Gasteiger charge is -2.28. The van der Waals surface area contributed by atoms with Crippen molar-refractivity contribution in [2.45, 2.75) is 6.42 Å². The molecule has 4 aromatic rings. The van der Waals surface area contributed by atoms with Crippen molar-refractivity contribution in [3.63, 3.8) is 0 Å². The number of anilines is 4. The van der Waals surface area contributed by atoms with Crippen molar-refractivity contribution in [2.24, 2.45) is 0 Å². The summed E-state index contributed by atoms with van der Waals surface area (Å²) >= 11 is 0. The van der Waals surface area contributed by atoms with Gasteiger partial charge in [0.1, 0.15) is 0 Å². The van der Waals surface area contributed by atoms with Gasteiger partial charge < -0.3 is 20.3 Å². The van der Waals surface area contributed by atoms with Crippen LogP contribution in [-0.4, -0.2) is 47.2 Å². The molecule has 176 valence electrons. The third-order valence-corrected chi connectivity index (χ3v) is 5.73. The molecule has 3 heterocycles. The quantitative estimate of drug-likeness (QED) is 0.420. The minimum absolute atomic E-state index is 0.0721. The highest BCUT2D eigenvalue weighted by Gasteiger charge is 2.11. The minimum Gasteiger partial charge on any atom is -0.378 e. The number of morpholine rings is 1. The third kappa shape index (κ3) is 5.99. The molecule has 0 unspecified atom stereocenters. The first kappa shape index (κ1) is 22.5. The number of carbonyl (C=O) groups excluding carboxylic acids is 1. The van der Waals surface area contributed by atoms with Gasteiger partial charge in [-0.2, -0.15) is 0 Å². The highest BCUT2D eigenvalue weighted by atomic mass is 16.5. The summed E-state index contributed by atoms with van der Waals surface area (Å²) in [7, 11) is 0. The Morgan fingerprint density at radius 2 is 1.57 bits per heavy atom. The van der Waals surface area contributed by atoms with Crippen LogP contribution in [-0.2, 0) is 16.0 Å². The molecule has 8 nitrogen and oxygen atoms in total. The van der Waals surface area contributed by atoms with Gasteiger partial charge in [-0.15, -0.1) is 0 Å². The summed E-state index contributed by atoms with van der Waals surface area (Å²) in [6, 6.07) is 21.4. The van der Waals surface area contributed by atoms with Crippen molar-refractivity contribution < 1.29 is 9.53 Å². The Bertz CT molecular complexity index is 1260. The molecular weight excluding hydrogens is 440 g/mol. The van der Waals surface area contributed by atoms with Gasteiger partial charge in [0.05, 0.1) is 25.3 Å². The third-order valence-electron chi connectivity index (χ3n) is 5.73. The van der Waals surface area contributed by atoms with Crippen molar-refractivity contribution >= 4 is 28.9 Å². The van der Waals surface area contributed by atoms with E-state index in [1.807, 2.05) is 54.6 Å². The number of amides is 1. The van der Waals surface area contributed by atoms with Gasteiger partial charge in [0.2, 0.25) is 11.9 Å². The molecule has 0 bridgehead atoms. The van der Waals surface area contributed by atoms with Gasteiger partial charge in [0.15, 0.2) is 0 Å². The highest BCUT2D eigenvalue weighted by Crippen LogP contribution is 2.23. The molecule has 0 atom stereocenters. The summed E-state index contributed by atoms with van der Waals surface area (Å²) in [5.41, 5.74) is 5.49. The number of nitrogens with one attached hydrogen (secondary N) is 2. The Labute approximate surface area is 204 Å². The van der Waals surface area contributed by atoms with Crippen LogP contribution in [0.4, 0.5) is 23.0 Å². The highest BCUT2D eigenvalue weighted by molar-refractivity contribution is 5.92. The van der Waals surface area contributed by atoms with Crippen LogP contribution in [0.25, 0.3) is 11.3 Å². The number of hydrogen-bond donors (Lipinski definition) is 2. The van der Waals surface area contributed by atoms with Crippen LogP contribution in [0, 0.1) is 0 Å². The number of pyridine rings is 1. The zero-order chi connectivity index (χ0) is 23.9. The van der Waals surface area contributed by atoms with E-state index in [2.05, 4.69) is 42.6 Å². The zero-order valence-electron chi connectivity index (χ0n) is 19.2. The van der Waals surface area contributed by atoms with Gasteiger partial charge in [-0.05, 0) is 60.2 Å². The second-order valence-electron chi connectivity index (χ2n) is 8.19. The summed E-state index contributed by atoms with van der Waals surface area (Å²) in [6.07, 6.45) is 5.40. The normalized spacial score (nSPS) is 13.3. The largest absolute Gasteiger partial charge is 0.378 e. The maximum Gasteiger partial charge on any atom is 0.228 e. The van der Waals surface area contributed by atoms with Crippen LogP contribution < -0.4 is 15.5 Å². The van der Waals surface area contributed by atoms with E-state index in [0.717, 1.165) is 54.5 Å². The fourth-order valence-electron chi connectivity index (χ4n) is 3.90. The van der Waals surface area contributed by atoms with E-state index < -0.39 is 0 Å². The zero-order valence-corrected chi connectivity index (χ0v) is 19.2. The van der Waals surface area contributed by atoms with E-state index in [-0.39, 0.29) is 5.91 Å². The molecule has 2 aromatic carbocycles. The number of aromatic nitrogens is 3. The lowest BCUT2D eigenvalue weighted by atomic mass is 10.1. The number of benzene rings is 2. The van der Waals surface area contributed by atoms with E-state index in [1.165, 1.54) is 5.69 Å². The lowest BCUT2D eigenvalue weighted by Crippen LogP contribution is -2.36. The summed E-state index contributed by atoms with van der Waals surface area (Å²) in [4.78, 5) is 27.6. The Balaban J connectivity index is 1.21. The molecule has 35 heavy (non-hydrogen) atoms. The van der Waals surface area contributed by atoms with Crippen LogP contribution in [0.3, 0.4) is 0 Å². The van der Waals surface area contributed by atoms with Crippen molar-refractivity contribution in [1.82, 2.24) is 15.0 Å². The smallest absolute Gasteiger partial charge is 0.228 e. The Morgan fingerprint density at radius 3 is 2.31 bits per heavy atom. The van der Waals surface area contributed by atoms with Crippen molar-refractivity contribution in [2.75, 3.05) is 41.8 Å². The van der Waals surface area contributed by atoms with E-state index in [0.29, 0.717) is 12.4 Å². The molecule has 0 saturated carbocycles. The van der Waals surface area contributed by atoms with E-state index in [4.69, 9.17) is 4.74 Å². The minimum atomic E-state index is -0.0721. The van der Waals surface area contributed by atoms with Gasteiger partial charge >= 0.3 is 0 Å². The van der Waals surface area contributed by atoms with Gasteiger partial charge in [-0.25, -0.2) is 9.97 Å². The predicted molar refractivity (Wildman–Crippen MR) is 137 cm³/mol. The number of nitrogens with zero attached hydrogens (tertiary/aromatic N) is 4. The van der Waals surface area contributed by atoms with Crippen LogP contribution in [0.2, 0.25) is 0 Å². The van der Waals surface area contributed by atoms with E-state index in [1.54, 1.807) is 18.6 Å². The maximum absolute atomic E-state index is 12.3. The molecule has 1 amide bonds.